The number of benzene rings is 3. The maximum Gasteiger partial charge on any atom is 0.201 e. The van der Waals surface area contributed by atoms with Crippen LogP contribution in [0, 0.1) is 11.6 Å². The Morgan fingerprint density at radius 1 is 0.769 bits per heavy atom. The number of hydrogen-bond acceptors (Lipinski definition) is 1. The summed E-state index contributed by atoms with van der Waals surface area (Å²) in [5.41, 5.74) is 4.08. The zero-order valence-electron chi connectivity index (χ0n) is 14.8. The van der Waals surface area contributed by atoms with Gasteiger partial charge in [0.2, 0.25) is 5.82 Å². The topological polar surface area (TPSA) is 9.23 Å². The number of allylic oxidation sites excluding steroid dienone is 1. The molecule has 26 heavy (non-hydrogen) atoms. The Morgan fingerprint density at radius 2 is 1.35 bits per heavy atom. The highest BCUT2D eigenvalue weighted by Gasteiger charge is 2.15. The van der Waals surface area contributed by atoms with Crippen LogP contribution >= 0.6 is 0 Å². The van der Waals surface area contributed by atoms with Crippen molar-refractivity contribution in [2.24, 2.45) is 0 Å². The zero-order valence-corrected chi connectivity index (χ0v) is 14.8. The fraction of sp³-hybridized carbons (Fsp3) is 0.130. The molecule has 0 amide bonds. The van der Waals surface area contributed by atoms with Crippen LogP contribution in [0.25, 0.3) is 28.3 Å². The van der Waals surface area contributed by atoms with Gasteiger partial charge in [-0.05, 0) is 48.2 Å². The minimum absolute atomic E-state index is 0.0633. The Labute approximate surface area is 152 Å². The maximum atomic E-state index is 14.4. The maximum absolute atomic E-state index is 14.4. The Morgan fingerprint density at radius 3 is 1.92 bits per heavy atom. The molecule has 0 saturated carbocycles. The fourth-order valence-corrected chi connectivity index (χ4v) is 2.84. The highest BCUT2D eigenvalue weighted by molar-refractivity contribution is 5.72. The highest BCUT2D eigenvalue weighted by atomic mass is 19.2. The number of rotatable bonds is 5. The van der Waals surface area contributed by atoms with E-state index in [1.165, 1.54) is 6.07 Å². The van der Waals surface area contributed by atoms with Crippen LogP contribution in [0.4, 0.5) is 8.78 Å². The Balaban J connectivity index is 1.89. The largest absolute Gasteiger partial charge is 0.491 e. The quantitative estimate of drug-likeness (QED) is 0.496. The molecule has 132 valence electrons. The molecule has 0 saturated heterocycles. The van der Waals surface area contributed by atoms with E-state index < -0.39 is 11.6 Å². The number of halogens is 2. The molecule has 0 heterocycles. The van der Waals surface area contributed by atoms with Crippen LogP contribution in [-0.4, -0.2) is 6.61 Å². The Hall–Kier alpha value is -2.94. The standard InChI is InChI=1S/C23H20F2O/c1-3-5-16-6-8-17(9-7-16)18-10-12-19(13-11-18)20-14-15-21(26-4-2)23(25)22(20)24/h3,5-15H,4H2,1-2H3/b5-3+. The van der Waals surface area contributed by atoms with Gasteiger partial charge in [-0.15, -0.1) is 0 Å². The summed E-state index contributed by atoms with van der Waals surface area (Å²) in [6.45, 7) is 4.00. The summed E-state index contributed by atoms with van der Waals surface area (Å²) >= 11 is 0. The van der Waals surface area contributed by atoms with Gasteiger partial charge >= 0.3 is 0 Å². The molecule has 0 bridgehead atoms. The monoisotopic (exact) mass is 350 g/mol. The SMILES string of the molecule is C/C=C/c1ccc(-c2ccc(-c3ccc(OCC)c(F)c3F)cc2)cc1. The second-order valence-corrected chi connectivity index (χ2v) is 5.87. The molecule has 0 fully saturated rings. The molecule has 0 N–H and O–H groups in total. The average molecular weight is 350 g/mol. The van der Waals surface area contributed by atoms with Crippen molar-refractivity contribution in [3.63, 3.8) is 0 Å². The van der Waals surface area contributed by atoms with Gasteiger partial charge in [0.1, 0.15) is 0 Å². The zero-order chi connectivity index (χ0) is 18.5. The lowest BCUT2D eigenvalue weighted by Crippen LogP contribution is -1.98. The van der Waals surface area contributed by atoms with E-state index >= 15 is 0 Å². The average Bonchev–Trinajstić information content (AvgIpc) is 2.67. The van der Waals surface area contributed by atoms with Crippen molar-refractivity contribution < 1.29 is 13.5 Å². The van der Waals surface area contributed by atoms with E-state index in [-0.39, 0.29) is 17.9 Å². The van der Waals surface area contributed by atoms with Gasteiger partial charge in [0.15, 0.2) is 11.6 Å². The first-order valence-corrected chi connectivity index (χ1v) is 8.58. The van der Waals surface area contributed by atoms with E-state index in [1.54, 1.807) is 25.1 Å². The minimum Gasteiger partial charge on any atom is -0.491 e. The summed E-state index contributed by atoms with van der Waals surface area (Å²) < 4.78 is 33.5. The lowest BCUT2D eigenvalue weighted by atomic mass is 9.99. The van der Waals surface area contributed by atoms with Gasteiger partial charge < -0.3 is 4.74 Å². The fourth-order valence-electron chi connectivity index (χ4n) is 2.84. The van der Waals surface area contributed by atoms with Crippen molar-refractivity contribution in [1.82, 2.24) is 0 Å². The first-order chi connectivity index (χ1) is 12.6. The molecule has 0 spiro atoms. The molecule has 3 aromatic carbocycles. The van der Waals surface area contributed by atoms with Gasteiger partial charge in [0.05, 0.1) is 6.61 Å². The molecule has 3 heteroatoms. The van der Waals surface area contributed by atoms with Crippen molar-refractivity contribution in [3.05, 3.63) is 83.9 Å². The summed E-state index contributed by atoms with van der Waals surface area (Å²) in [5.74, 6) is -1.90. The third-order valence-electron chi connectivity index (χ3n) is 4.15. The lowest BCUT2D eigenvalue weighted by Gasteiger charge is -2.10. The first-order valence-electron chi connectivity index (χ1n) is 8.58. The molecule has 0 aromatic heterocycles. The molecule has 0 atom stereocenters. The van der Waals surface area contributed by atoms with Gasteiger partial charge in [-0.1, -0.05) is 60.7 Å². The molecule has 3 rings (SSSR count). The van der Waals surface area contributed by atoms with Crippen LogP contribution in [-0.2, 0) is 0 Å². The summed E-state index contributed by atoms with van der Waals surface area (Å²) in [6, 6.07) is 18.6. The Bertz CT molecular complexity index is 910. The van der Waals surface area contributed by atoms with Gasteiger partial charge in [-0.25, -0.2) is 4.39 Å². The number of hydrogen-bond donors (Lipinski definition) is 0. The molecule has 1 nitrogen and oxygen atoms in total. The van der Waals surface area contributed by atoms with E-state index in [0.29, 0.717) is 5.56 Å². The highest BCUT2D eigenvalue weighted by Crippen LogP contribution is 2.31. The van der Waals surface area contributed by atoms with E-state index in [1.807, 2.05) is 55.5 Å². The third kappa shape index (κ3) is 3.67. The summed E-state index contributed by atoms with van der Waals surface area (Å²) in [5, 5.41) is 0. The second kappa shape index (κ2) is 7.96. The number of ether oxygens (including phenoxy) is 1. The van der Waals surface area contributed by atoms with Crippen molar-refractivity contribution in [2.75, 3.05) is 6.61 Å². The minimum atomic E-state index is -0.951. The molecule has 0 aliphatic carbocycles. The van der Waals surface area contributed by atoms with Crippen LogP contribution in [0.3, 0.4) is 0 Å². The summed E-state index contributed by atoms with van der Waals surface area (Å²) in [6.07, 6.45) is 4.03. The Kier molecular flexibility index (Phi) is 5.47. The molecule has 0 unspecified atom stereocenters. The molecule has 0 aliphatic rings. The normalized spacial score (nSPS) is 11.1. The van der Waals surface area contributed by atoms with Crippen LogP contribution < -0.4 is 4.74 Å². The smallest absolute Gasteiger partial charge is 0.201 e. The van der Waals surface area contributed by atoms with Crippen LogP contribution in [0.5, 0.6) is 5.75 Å². The van der Waals surface area contributed by atoms with Crippen molar-refractivity contribution in [2.45, 2.75) is 13.8 Å². The lowest BCUT2D eigenvalue weighted by molar-refractivity contribution is 0.314. The molecule has 0 aliphatic heterocycles. The summed E-state index contributed by atoms with van der Waals surface area (Å²) in [4.78, 5) is 0. The van der Waals surface area contributed by atoms with E-state index in [0.717, 1.165) is 16.7 Å². The van der Waals surface area contributed by atoms with E-state index in [9.17, 15) is 8.78 Å². The van der Waals surface area contributed by atoms with Crippen molar-refractivity contribution in [3.8, 4) is 28.0 Å². The van der Waals surface area contributed by atoms with Gasteiger partial charge in [-0.2, -0.15) is 4.39 Å². The molecular weight excluding hydrogens is 330 g/mol. The second-order valence-electron chi connectivity index (χ2n) is 5.87. The summed E-state index contributed by atoms with van der Waals surface area (Å²) in [7, 11) is 0. The van der Waals surface area contributed by atoms with Crippen molar-refractivity contribution >= 4 is 6.08 Å². The van der Waals surface area contributed by atoms with Crippen LogP contribution in [0.15, 0.2) is 66.7 Å². The van der Waals surface area contributed by atoms with E-state index in [2.05, 4.69) is 0 Å². The molecule has 3 aromatic rings. The van der Waals surface area contributed by atoms with Gasteiger partial charge in [0, 0.05) is 5.56 Å². The first kappa shape index (κ1) is 17.9. The predicted octanol–water partition coefficient (Wildman–Crippen LogP) is 6.73. The van der Waals surface area contributed by atoms with E-state index in [4.69, 9.17) is 4.74 Å². The predicted molar refractivity (Wildman–Crippen MR) is 103 cm³/mol. The van der Waals surface area contributed by atoms with Crippen LogP contribution in [0.1, 0.15) is 19.4 Å². The van der Waals surface area contributed by atoms with Gasteiger partial charge in [-0.3, -0.25) is 0 Å². The van der Waals surface area contributed by atoms with Gasteiger partial charge in [0.25, 0.3) is 0 Å². The van der Waals surface area contributed by atoms with Crippen molar-refractivity contribution in [1.29, 1.82) is 0 Å². The van der Waals surface area contributed by atoms with Crippen LogP contribution in [0.2, 0.25) is 0 Å². The third-order valence-corrected chi connectivity index (χ3v) is 4.15. The molecule has 0 radical (unpaired) electrons. The molecular formula is C23H20F2O.